The fraction of sp³-hybridized carbons (Fsp3) is 0.619. The van der Waals surface area contributed by atoms with Gasteiger partial charge in [-0.15, -0.1) is 11.3 Å². The van der Waals surface area contributed by atoms with Gasteiger partial charge in [-0.25, -0.2) is 4.98 Å². The number of imidazole rings is 1. The second-order valence-electron chi connectivity index (χ2n) is 8.79. The summed E-state index contributed by atoms with van der Waals surface area (Å²) in [4.78, 5) is 23.5. The van der Waals surface area contributed by atoms with Crippen molar-refractivity contribution in [3.63, 3.8) is 0 Å². The van der Waals surface area contributed by atoms with E-state index in [9.17, 15) is 9.90 Å². The van der Waals surface area contributed by atoms with Crippen LogP contribution in [-0.2, 0) is 26.4 Å². The molecule has 6 nitrogen and oxygen atoms in total. The molecule has 0 aromatic carbocycles. The Morgan fingerprint density at radius 1 is 1.32 bits per heavy atom. The van der Waals surface area contributed by atoms with Gasteiger partial charge in [0.1, 0.15) is 5.82 Å². The van der Waals surface area contributed by atoms with E-state index in [2.05, 4.69) is 19.8 Å². The average Bonchev–Trinajstić information content (AvgIpc) is 3.44. The topological polar surface area (TPSA) is 61.6 Å². The van der Waals surface area contributed by atoms with E-state index >= 15 is 0 Å². The highest BCUT2D eigenvalue weighted by molar-refractivity contribution is 7.10. The molecule has 4 heterocycles. The molecule has 1 N–H and O–H groups in total. The van der Waals surface area contributed by atoms with Crippen LogP contribution in [-0.4, -0.2) is 63.2 Å². The Bertz CT molecular complexity index is 891. The standard InChI is InChI=1S/C21H28N4O2S/c1-23-7-6-22-19(23)10-24-8-15-9-25(13-21(15,12-24)14-26)20(27)17-11-28-18-5-3-2-4-16(17)18/h6-7,11,15,26H,2-5,8-10,12-14H2,1H3. The molecule has 1 aliphatic carbocycles. The van der Waals surface area contributed by atoms with Gasteiger partial charge < -0.3 is 14.6 Å². The summed E-state index contributed by atoms with van der Waals surface area (Å²) in [5.41, 5.74) is 2.03. The van der Waals surface area contributed by atoms with Gasteiger partial charge in [0.2, 0.25) is 0 Å². The van der Waals surface area contributed by atoms with Crippen LogP contribution in [0.3, 0.4) is 0 Å². The minimum absolute atomic E-state index is 0.139. The SMILES string of the molecule is Cn1ccnc1CN1CC2CN(C(=O)c3csc4c3CCCC4)CC2(CO)C1. The molecular weight excluding hydrogens is 372 g/mol. The number of hydrogen-bond acceptors (Lipinski definition) is 5. The Morgan fingerprint density at radius 2 is 2.18 bits per heavy atom. The number of aromatic nitrogens is 2. The minimum Gasteiger partial charge on any atom is -0.396 e. The maximum absolute atomic E-state index is 13.3. The van der Waals surface area contributed by atoms with Gasteiger partial charge in [-0.05, 0) is 37.2 Å². The lowest BCUT2D eigenvalue weighted by Crippen LogP contribution is -2.39. The third kappa shape index (κ3) is 2.91. The number of hydrogen-bond donors (Lipinski definition) is 1. The van der Waals surface area contributed by atoms with Gasteiger partial charge >= 0.3 is 0 Å². The van der Waals surface area contributed by atoms with E-state index < -0.39 is 0 Å². The first-order chi connectivity index (χ1) is 13.6. The molecule has 2 aromatic rings. The van der Waals surface area contributed by atoms with E-state index in [1.54, 1.807) is 11.3 Å². The van der Waals surface area contributed by atoms with Crippen LogP contribution in [0.25, 0.3) is 0 Å². The number of carbonyl (C=O) groups excluding carboxylic acids is 1. The molecular formula is C21H28N4O2S. The van der Waals surface area contributed by atoms with Gasteiger partial charge in [0.15, 0.2) is 0 Å². The van der Waals surface area contributed by atoms with Crippen molar-refractivity contribution in [2.45, 2.75) is 32.2 Å². The molecule has 2 saturated heterocycles. The molecule has 2 atom stereocenters. The number of aliphatic hydroxyl groups is 1. The lowest BCUT2D eigenvalue weighted by molar-refractivity contribution is 0.0717. The Balaban J connectivity index is 1.30. The van der Waals surface area contributed by atoms with Crippen molar-refractivity contribution in [1.29, 1.82) is 0 Å². The highest BCUT2D eigenvalue weighted by Crippen LogP contribution is 2.43. The van der Waals surface area contributed by atoms with Crippen molar-refractivity contribution in [2.75, 3.05) is 32.8 Å². The van der Waals surface area contributed by atoms with E-state index in [0.717, 1.165) is 50.4 Å². The molecule has 0 radical (unpaired) electrons. The molecule has 0 bridgehead atoms. The molecule has 0 saturated carbocycles. The average molecular weight is 401 g/mol. The molecule has 0 spiro atoms. The van der Waals surface area contributed by atoms with Gasteiger partial charge in [-0.2, -0.15) is 0 Å². The number of amides is 1. The first-order valence-corrected chi connectivity index (χ1v) is 11.2. The zero-order chi connectivity index (χ0) is 19.3. The Labute approximate surface area is 169 Å². The first kappa shape index (κ1) is 18.3. The van der Waals surface area contributed by atoms with E-state index in [-0.39, 0.29) is 17.9 Å². The second kappa shape index (κ2) is 6.97. The monoisotopic (exact) mass is 400 g/mol. The summed E-state index contributed by atoms with van der Waals surface area (Å²) in [6.07, 6.45) is 8.39. The summed E-state index contributed by atoms with van der Waals surface area (Å²) in [5.74, 6) is 1.55. The fourth-order valence-electron chi connectivity index (χ4n) is 5.38. The normalized spacial score (nSPS) is 27.2. The van der Waals surface area contributed by atoms with E-state index in [4.69, 9.17) is 0 Å². The highest BCUT2D eigenvalue weighted by atomic mass is 32.1. The number of aliphatic hydroxyl groups excluding tert-OH is 1. The van der Waals surface area contributed by atoms with Crippen molar-refractivity contribution in [3.8, 4) is 0 Å². The summed E-state index contributed by atoms with van der Waals surface area (Å²) in [6, 6.07) is 0. The molecule has 3 aliphatic rings. The Hall–Kier alpha value is -1.70. The van der Waals surface area contributed by atoms with Crippen LogP contribution in [0, 0.1) is 11.3 Å². The zero-order valence-electron chi connectivity index (χ0n) is 16.4. The van der Waals surface area contributed by atoms with Gasteiger partial charge in [0, 0.05) is 61.3 Å². The van der Waals surface area contributed by atoms with Crippen LogP contribution >= 0.6 is 11.3 Å². The summed E-state index contributed by atoms with van der Waals surface area (Å²) in [7, 11) is 2.02. The molecule has 5 rings (SSSR count). The maximum atomic E-state index is 13.3. The van der Waals surface area contributed by atoms with Crippen LogP contribution < -0.4 is 0 Å². The van der Waals surface area contributed by atoms with Crippen molar-refractivity contribution in [3.05, 3.63) is 39.6 Å². The summed E-state index contributed by atoms with van der Waals surface area (Å²) in [5, 5.41) is 12.3. The van der Waals surface area contributed by atoms with Gasteiger partial charge in [-0.1, -0.05) is 0 Å². The Morgan fingerprint density at radius 3 is 2.93 bits per heavy atom. The summed E-state index contributed by atoms with van der Waals surface area (Å²) < 4.78 is 2.05. The van der Waals surface area contributed by atoms with Crippen molar-refractivity contribution in [1.82, 2.24) is 19.4 Å². The summed E-state index contributed by atoms with van der Waals surface area (Å²) >= 11 is 1.75. The van der Waals surface area contributed by atoms with Crippen molar-refractivity contribution in [2.24, 2.45) is 18.4 Å². The predicted molar refractivity (Wildman–Crippen MR) is 108 cm³/mol. The highest BCUT2D eigenvalue weighted by Gasteiger charge is 2.53. The molecule has 2 aliphatic heterocycles. The number of fused-ring (bicyclic) bond motifs is 2. The number of thiophene rings is 1. The van der Waals surface area contributed by atoms with Gasteiger partial charge in [0.05, 0.1) is 18.7 Å². The minimum atomic E-state index is -0.198. The number of carbonyl (C=O) groups is 1. The smallest absolute Gasteiger partial charge is 0.255 e. The number of aryl methyl sites for hydroxylation is 2. The largest absolute Gasteiger partial charge is 0.396 e. The molecule has 2 aromatic heterocycles. The third-order valence-corrected chi connectivity index (χ3v) is 8.10. The lowest BCUT2D eigenvalue weighted by Gasteiger charge is -2.27. The lowest BCUT2D eigenvalue weighted by atomic mass is 9.82. The van der Waals surface area contributed by atoms with Crippen LogP contribution in [0.5, 0.6) is 0 Å². The molecule has 2 unspecified atom stereocenters. The van der Waals surface area contributed by atoms with Crippen molar-refractivity contribution >= 4 is 17.2 Å². The van der Waals surface area contributed by atoms with Gasteiger partial charge in [0.25, 0.3) is 5.91 Å². The van der Waals surface area contributed by atoms with Crippen LogP contribution in [0.15, 0.2) is 17.8 Å². The third-order valence-electron chi connectivity index (χ3n) is 7.01. The van der Waals surface area contributed by atoms with Crippen LogP contribution in [0.2, 0.25) is 0 Å². The molecule has 2 fully saturated rings. The van der Waals surface area contributed by atoms with Gasteiger partial charge in [-0.3, -0.25) is 9.69 Å². The van der Waals surface area contributed by atoms with E-state index in [1.165, 1.54) is 23.3 Å². The first-order valence-electron chi connectivity index (χ1n) is 10.3. The predicted octanol–water partition coefficient (Wildman–Crippen LogP) is 1.93. The van der Waals surface area contributed by atoms with E-state index in [0.29, 0.717) is 12.5 Å². The fourth-order valence-corrected chi connectivity index (χ4v) is 6.50. The molecule has 150 valence electrons. The Kier molecular flexibility index (Phi) is 4.56. The quantitative estimate of drug-likeness (QED) is 0.852. The number of nitrogens with zero attached hydrogens (tertiary/aromatic N) is 4. The van der Waals surface area contributed by atoms with E-state index in [1.807, 2.05) is 24.3 Å². The zero-order valence-corrected chi connectivity index (χ0v) is 17.2. The summed E-state index contributed by atoms with van der Waals surface area (Å²) in [6.45, 7) is 4.09. The number of rotatable bonds is 4. The molecule has 28 heavy (non-hydrogen) atoms. The number of likely N-dealkylation sites (tertiary alicyclic amines) is 2. The molecule has 1 amide bonds. The second-order valence-corrected chi connectivity index (χ2v) is 9.75. The van der Waals surface area contributed by atoms with Crippen molar-refractivity contribution < 1.29 is 9.90 Å². The maximum Gasteiger partial charge on any atom is 0.255 e. The molecule has 7 heteroatoms. The van der Waals surface area contributed by atoms with Crippen LogP contribution in [0.4, 0.5) is 0 Å². The van der Waals surface area contributed by atoms with Crippen LogP contribution in [0.1, 0.15) is 39.5 Å².